The predicted molar refractivity (Wildman–Crippen MR) is 79.1 cm³/mol. The van der Waals surface area contributed by atoms with Crippen molar-refractivity contribution in [2.75, 3.05) is 17.2 Å². The summed E-state index contributed by atoms with van der Waals surface area (Å²) in [5.74, 6) is 1.53. The van der Waals surface area contributed by atoms with Gasteiger partial charge >= 0.3 is 0 Å². The Balaban J connectivity index is 1.60. The Bertz CT molecular complexity index is 671. The third kappa shape index (κ3) is 1.91. The van der Waals surface area contributed by atoms with Crippen LogP contribution >= 0.6 is 11.3 Å². The van der Waals surface area contributed by atoms with Gasteiger partial charge in [-0.05, 0) is 18.9 Å². The number of carbonyl (C=O) groups excluding carboxylic acids is 1. The van der Waals surface area contributed by atoms with E-state index in [9.17, 15) is 4.79 Å². The zero-order chi connectivity index (χ0) is 13.7. The number of nitrogens with zero attached hydrogens (tertiary/aromatic N) is 3. The summed E-state index contributed by atoms with van der Waals surface area (Å²) < 4.78 is 2.17. The average Bonchev–Trinajstić information content (AvgIpc) is 3.07. The first-order valence-corrected chi connectivity index (χ1v) is 7.72. The molecule has 5 nitrogen and oxygen atoms in total. The van der Waals surface area contributed by atoms with Gasteiger partial charge in [-0.2, -0.15) is 0 Å². The second-order valence-corrected chi connectivity index (χ2v) is 6.50. The Morgan fingerprint density at radius 3 is 3.05 bits per heavy atom. The number of imidazole rings is 1. The molecule has 20 heavy (non-hydrogen) atoms. The van der Waals surface area contributed by atoms with Crippen molar-refractivity contribution in [1.29, 1.82) is 0 Å². The van der Waals surface area contributed by atoms with Gasteiger partial charge in [-0.1, -0.05) is 0 Å². The summed E-state index contributed by atoms with van der Waals surface area (Å²) in [6.07, 6.45) is 5.89. The van der Waals surface area contributed by atoms with Gasteiger partial charge in [0.25, 0.3) is 0 Å². The van der Waals surface area contributed by atoms with E-state index in [1.807, 2.05) is 18.5 Å². The number of hydrogen-bond acceptors (Lipinski definition) is 5. The molecule has 2 aromatic heterocycles. The number of carbonyl (C=O) groups is 1. The first-order chi connectivity index (χ1) is 9.72. The van der Waals surface area contributed by atoms with Gasteiger partial charge in [0.1, 0.15) is 5.82 Å². The van der Waals surface area contributed by atoms with Crippen LogP contribution in [-0.2, 0) is 13.1 Å². The van der Waals surface area contributed by atoms with Crippen molar-refractivity contribution in [2.24, 2.45) is 5.92 Å². The molecular formula is C14H16N4OS. The fourth-order valence-corrected chi connectivity index (χ4v) is 3.76. The molecule has 0 spiro atoms. The molecule has 1 saturated carbocycles. The highest BCUT2D eigenvalue weighted by Crippen LogP contribution is 2.40. The number of ketones is 1. The number of fused-ring (bicyclic) bond motifs is 1. The van der Waals surface area contributed by atoms with E-state index in [0.29, 0.717) is 5.69 Å². The molecule has 6 heteroatoms. The minimum Gasteiger partial charge on any atom is -0.397 e. The maximum Gasteiger partial charge on any atom is 0.178 e. The van der Waals surface area contributed by atoms with Gasteiger partial charge in [-0.3, -0.25) is 4.79 Å². The number of aromatic nitrogens is 2. The lowest BCUT2D eigenvalue weighted by Gasteiger charge is -2.28. The number of hydrogen-bond donors (Lipinski definition) is 1. The molecule has 2 aromatic rings. The minimum atomic E-state index is 0.226. The Morgan fingerprint density at radius 1 is 1.40 bits per heavy atom. The fraction of sp³-hybridized carbons (Fsp3) is 0.429. The Hall–Kier alpha value is -1.82. The van der Waals surface area contributed by atoms with Crippen molar-refractivity contribution in [3.63, 3.8) is 0 Å². The number of thiophene rings is 1. The van der Waals surface area contributed by atoms with Crippen molar-refractivity contribution in [1.82, 2.24) is 9.55 Å². The van der Waals surface area contributed by atoms with Crippen LogP contribution in [0.4, 0.5) is 10.7 Å². The van der Waals surface area contributed by atoms with Gasteiger partial charge in [0.15, 0.2) is 5.78 Å². The summed E-state index contributed by atoms with van der Waals surface area (Å²) in [4.78, 5) is 19.5. The van der Waals surface area contributed by atoms with E-state index in [-0.39, 0.29) is 11.7 Å². The van der Waals surface area contributed by atoms with Gasteiger partial charge in [0, 0.05) is 31.4 Å². The molecule has 0 radical (unpaired) electrons. The highest BCUT2D eigenvalue weighted by molar-refractivity contribution is 7.18. The number of rotatable bonds is 3. The highest BCUT2D eigenvalue weighted by Gasteiger charge is 2.33. The van der Waals surface area contributed by atoms with Crippen molar-refractivity contribution >= 4 is 27.8 Å². The summed E-state index contributed by atoms with van der Waals surface area (Å²) in [6, 6.07) is 1.94. The van der Waals surface area contributed by atoms with Crippen LogP contribution in [0.1, 0.15) is 28.3 Å². The molecule has 2 N–H and O–H groups in total. The molecule has 0 aromatic carbocycles. The minimum absolute atomic E-state index is 0.226. The number of nitrogens with two attached hydrogens (primary N) is 1. The van der Waals surface area contributed by atoms with Crippen LogP contribution in [0, 0.1) is 5.92 Å². The molecule has 4 rings (SSSR count). The lowest BCUT2D eigenvalue weighted by Crippen LogP contribution is -2.32. The third-order valence-corrected chi connectivity index (χ3v) is 5.20. The lowest BCUT2D eigenvalue weighted by atomic mass is 10.2. The van der Waals surface area contributed by atoms with Crippen molar-refractivity contribution in [3.05, 3.63) is 29.2 Å². The number of nitrogen functional groups attached to an aromatic ring is 1. The quantitative estimate of drug-likeness (QED) is 0.879. The van der Waals surface area contributed by atoms with E-state index >= 15 is 0 Å². The summed E-state index contributed by atoms with van der Waals surface area (Å²) in [5, 5.41) is 1.08. The molecule has 0 amide bonds. The molecule has 0 atom stereocenters. The van der Waals surface area contributed by atoms with E-state index in [2.05, 4.69) is 14.5 Å². The molecule has 1 aliphatic carbocycles. The molecule has 0 bridgehead atoms. The largest absolute Gasteiger partial charge is 0.397 e. The Morgan fingerprint density at radius 2 is 2.25 bits per heavy atom. The van der Waals surface area contributed by atoms with E-state index in [1.165, 1.54) is 11.3 Å². The van der Waals surface area contributed by atoms with Crippen molar-refractivity contribution < 1.29 is 4.79 Å². The maximum atomic E-state index is 12.2. The second-order valence-electron chi connectivity index (χ2n) is 5.47. The highest BCUT2D eigenvalue weighted by atomic mass is 32.1. The van der Waals surface area contributed by atoms with E-state index in [1.54, 1.807) is 0 Å². The molecule has 0 saturated heterocycles. The van der Waals surface area contributed by atoms with E-state index in [4.69, 9.17) is 5.73 Å². The van der Waals surface area contributed by atoms with Gasteiger partial charge in [-0.25, -0.2) is 4.98 Å². The normalized spacial score (nSPS) is 18.1. The second kappa shape index (κ2) is 4.34. The average molecular weight is 288 g/mol. The molecule has 104 valence electrons. The topological polar surface area (TPSA) is 64.2 Å². The number of Topliss-reactive ketones (excluding diaryl/α,β-unsaturated/α-hetero) is 1. The summed E-state index contributed by atoms with van der Waals surface area (Å²) in [6.45, 7) is 2.64. The van der Waals surface area contributed by atoms with Crippen LogP contribution in [0.25, 0.3) is 0 Å². The Labute approximate surface area is 121 Å². The first-order valence-electron chi connectivity index (χ1n) is 6.91. The van der Waals surface area contributed by atoms with Crippen LogP contribution in [0.3, 0.4) is 0 Å². The van der Waals surface area contributed by atoms with Crippen LogP contribution in [-0.4, -0.2) is 21.9 Å². The smallest absolute Gasteiger partial charge is 0.178 e. The maximum absolute atomic E-state index is 12.2. The summed E-state index contributed by atoms with van der Waals surface area (Å²) in [5.41, 5.74) is 6.67. The summed E-state index contributed by atoms with van der Waals surface area (Å²) in [7, 11) is 0. The van der Waals surface area contributed by atoms with Crippen LogP contribution in [0.5, 0.6) is 0 Å². The van der Waals surface area contributed by atoms with E-state index < -0.39 is 0 Å². The molecule has 0 unspecified atom stereocenters. The molecule has 2 aliphatic rings. The monoisotopic (exact) mass is 288 g/mol. The molecular weight excluding hydrogens is 272 g/mol. The van der Waals surface area contributed by atoms with E-state index in [0.717, 1.165) is 48.2 Å². The first kappa shape index (κ1) is 12.0. The van der Waals surface area contributed by atoms with Crippen molar-refractivity contribution in [2.45, 2.75) is 25.9 Å². The SMILES string of the molecule is Nc1cc(N2CCn3ccnc3C2)sc1C(=O)C1CC1. The van der Waals surface area contributed by atoms with Crippen LogP contribution < -0.4 is 10.6 Å². The van der Waals surface area contributed by atoms with Gasteiger partial charge < -0.3 is 15.2 Å². The Kier molecular flexibility index (Phi) is 2.60. The van der Waals surface area contributed by atoms with Crippen LogP contribution in [0.15, 0.2) is 18.5 Å². The third-order valence-electron chi connectivity index (χ3n) is 3.98. The summed E-state index contributed by atoms with van der Waals surface area (Å²) >= 11 is 1.53. The molecule has 1 fully saturated rings. The fourth-order valence-electron chi connectivity index (χ4n) is 2.63. The molecule has 1 aliphatic heterocycles. The standard InChI is InChI=1S/C14H16N4OS/c15-10-7-12(20-14(10)13(19)9-1-2-9)18-6-5-17-4-3-16-11(17)8-18/h3-4,7,9H,1-2,5-6,8,15H2. The van der Waals surface area contributed by atoms with Crippen molar-refractivity contribution in [3.8, 4) is 0 Å². The lowest BCUT2D eigenvalue weighted by molar-refractivity contribution is 0.0972. The van der Waals surface area contributed by atoms with Gasteiger partial charge in [0.05, 0.1) is 22.1 Å². The van der Waals surface area contributed by atoms with Gasteiger partial charge in [-0.15, -0.1) is 11.3 Å². The van der Waals surface area contributed by atoms with Gasteiger partial charge in [0.2, 0.25) is 0 Å². The predicted octanol–water partition coefficient (Wildman–Crippen LogP) is 2.14. The van der Waals surface area contributed by atoms with Crippen LogP contribution in [0.2, 0.25) is 0 Å². The zero-order valence-corrected chi connectivity index (χ0v) is 11.9. The zero-order valence-electron chi connectivity index (χ0n) is 11.1. The number of anilines is 2. The molecule has 3 heterocycles.